The van der Waals surface area contributed by atoms with Crippen LogP contribution in [0.1, 0.15) is 34.6 Å². The number of benzene rings is 3. The summed E-state index contributed by atoms with van der Waals surface area (Å²) in [5.74, 6) is 0.965. The van der Waals surface area contributed by atoms with E-state index in [-0.39, 0.29) is 27.1 Å². The van der Waals surface area contributed by atoms with Gasteiger partial charge in [0.05, 0.1) is 0 Å². The molecule has 0 unspecified atom stereocenters. The van der Waals surface area contributed by atoms with E-state index in [1.165, 1.54) is 16.7 Å². The fourth-order valence-electron chi connectivity index (χ4n) is 2.69. The van der Waals surface area contributed by atoms with Gasteiger partial charge in [0.2, 0.25) is 0 Å². The third-order valence-electron chi connectivity index (χ3n) is 4.83. The maximum absolute atomic E-state index is 8.63. The van der Waals surface area contributed by atoms with Crippen molar-refractivity contribution in [1.29, 1.82) is 0 Å². The molecule has 4 rings (SSSR count). The topological polar surface area (TPSA) is 60.7 Å². The second-order valence-electron chi connectivity index (χ2n) is 7.63. The molecule has 168 valence electrons. The van der Waals surface area contributed by atoms with Crippen molar-refractivity contribution in [3.8, 4) is 17.2 Å². The Morgan fingerprint density at radius 3 is 0.938 bits per heavy atom. The van der Waals surface area contributed by atoms with Crippen molar-refractivity contribution < 1.29 is 37.0 Å². The summed E-state index contributed by atoms with van der Waals surface area (Å²) < 4.78 is 0. The average Bonchev–Trinajstić information content (AvgIpc) is 2.92. The predicted molar refractivity (Wildman–Crippen MR) is 129 cm³/mol. The van der Waals surface area contributed by atoms with Crippen molar-refractivity contribution in [1.82, 2.24) is 0 Å². The van der Waals surface area contributed by atoms with E-state index in [2.05, 4.69) is 40.7 Å². The molecule has 0 bridgehead atoms. The number of aromatic hydroxyl groups is 3. The molecule has 32 heavy (non-hydrogen) atoms. The molecular weight excluding hydrogens is 432 g/mol. The fraction of sp³-hybridized carbons (Fsp3) is 0.214. The maximum atomic E-state index is 8.63. The summed E-state index contributed by atoms with van der Waals surface area (Å²) in [6.45, 7) is 10.9. The Balaban J connectivity index is 0.000000401. The Hall–Kier alpha value is -2.75. The summed E-state index contributed by atoms with van der Waals surface area (Å²) in [5, 5.41) is 25.9. The van der Waals surface area contributed by atoms with E-state index in [9.17, 15) is 0 Å². The summed E-state index contributed by atoms with van der Waals surface area (Å²) in [6.07, 6.45) is 3.44. The van der Waals surface area contributed by atoms with E-state index in [1.54, 1.807) is 72.8 Å². The second kappa shape index (κ2) is 15.1. The van der Waals surface area contributed by atoms with Crippen LogP contribution in [0.3, 0.4) is 0 Å². The van der Waals surface area contributed by atoms with Crippen LogP contribution < -0.4 is 0 Å². The van der Waals surface area contributed by atoms with Crippen molar-refractivity contribution in [2.24, 2.45) is 5.41 Å². The van der Waals surface area contributed by atoms with Gasteiger partial charge in [0, 0.05) is 21.7 Å². The first-order valence-electron chi connectivity index (χ1n) is 10.2. The van der Waals surface area contributed by atoms with Crippen LogP contribution in [0, 0.1) is 11.5 Å². The minimum Gasteiger partial charge on any atom is -0.508 e. The minimum absolute atomic E-state index is 0. The van der Waals surface area contributed by atoms with Gasteiger partial charge in [-0.1, -0.05) is 87.7 Å². The largest absolute Gasteiger partial charge is 0.508 e. The maximum Gasteiger partial charge on any atom is 0.115 e. The third kappa shape index (κ3) is 11.6. The molecule has 0 aromatic heterocycles. The van der Waals surface area contributed by atoms with Gasteiger partial charge in [-0.25, -0.2) is 5.57 Å². The van der Waals surface area contributed by atoms with Crippen LogP contribution in [0.25, 0.3) is 0 Å². The zero-order valence-corrected chi connectivity index (χ0v) is 21.1. The fourth-order valence-corrected chi connectivity index (χ4v) is 2.69. The molecule has 1 aliphatic carbocycles. The summed E-state index contributed by atoms with van der Waals surface area (Å²) in [5.41, 5.74) is 4.39. The average molecular weight is 465 g/mol. The summed E-state index contributed by atoms with van der Waals surface area (Å²) >= 11 is 0. The first-order chi connectivity index (χ1) is 14.6. The molecule has 3 aromatic rings. The molecule has 0 atom stereocenters. The number of para-hydroxylation sites is 3. The van der Waals surface area contributed by atoms with Gasteiger partial charge in [-0.3, -0.25) is 6.08 Å². The second-order valence-corrected chi connectivity index (χ2v) is 7.63. The Morgan fingerprint density at radius 1 is 0.562 bits per heavy atom. The molecule has 0 saturated carbocycles. The number of allylic oxidation sites excluding steroid dienone is 4. The van der Waals surface area contributed by atoms with Crippen molar-refractivity contribution in [3.63, 3.8) is 0 Å². The smallest absolute Gasteiger partial charge is 0.115 e. The molecule has 0 saturated heterocycles. The van der Waals surface area contributed by atoms with E-state index in [0.29, 0.717) is 17.2 Å². The Morgan fingerprint density at radius 2 is 0.844 bits per heavy atom. The first kappa shape index (κ1) is 29.3. The quantitative estimate of drug-likeness (QED) is 0.241. The SMILES string of the molecule is CC1=[C-]C(C)(C)C(C)=C1C.Oc1ccccc1.Oc1ccccc1.Oc1ccccc1.[Ti]. The molecule has 0 radical (unpaired) electrons. The van der Waals surface area contributed by atoms with E-state index < -0.39 is 0 Å². The van der Waals surface area contributed by atoms with Crippen molar-refractivity contribution in [3.05, 3.63) is 114 Å². The summed E-state index contributed by atoms with van der Waals surface area (Å²) in [6, 6.07) is 26.1. The van der Waals surface area contributed by atoms with Crippen LogP contribution in [-0.2, 0) is 21.7 Å². The minimum atomic E-state index is 0. The number of rotatable bonds is 0. The van der Waals surface area contributed by atoms with Crippen LogP contribution in [0.5, 0.6) is 17.2 Å². The van der Waals surface area contributed by atoms with E-state index in [0.717, 1.165) is 0 Å². The molecule has 0 fully saturated rings. The molecule has 0 amide bonds. The molecular formula is C28H33O3Ti-. The Kier molecular flexibility index (Phi) is 13.8. The van der Waals surface area contributed by atoms with Gasteiger partial charge in [-0.15, -0.1) is 6.92 Å². The Bertz CT molecular complexity index is 859. The first-order valence-corrected chi connectivity index (χ1v) is 10.2. The Labute approximate surface area is 207 Å². The molecule has 0 aliphatic heterocycles. The van der Waals surface area contributed by atoms with Gasteiger partial charge < -0.3 is 15.3 Å². The van der Waals surface area contributed by atoms with E-state index in [1.807, 2.05) is 18.2 Å². The van der Waals surface area contributed by atoms with Crippen molar-refractivity contribution in [2.45, 2.75) is 34.6 Å². The number of hydrogen-bond acceptors (Lipinski definition) is 3. The van der Waals surface area contributed by atoms with Crippen LogP contribution in [0.2, 0.25) is 0 Å². The van der Waals surface area contributed by atoms with Crippen LogP contribution >= 0.6 is 0 Å². The van der Waals surface area contributed by atoms with Crippen molar-refractivity contribution in [2.75, 3.05) is 0 Å². The standard InChI is InChI=1S/C10H15.3C6H6O.Ti/c1-7-6-10(4,5)9(3)8(7)2;3*7-6-4-2-1-3-5-6;/h1-5H3;3*1-5,7H;/q-1;;;;. The van der Waals surface area contributed by atoms with Crippen molar-refractivity contribution >= 4 is 0 Å². The molecule has 1 aliphatic rings. The molecule has 0 spiro atoms. The van der Waals surface area contributed by atoms with Gasteiger partial charge >= 0.3 is 0 Å². The van der Waals surface area contributed by atoms with Gasteiger partial charge in [-0.05, 0) is 36.4 Å². The molecule has 3 aromatic carbocycles. The van der Waals surface area contributed by atoms with E-state index >= 15 is 0 Å². The number of phenolic OH excluding ortho intramolecular Hbond substituents is 3. The summed E-state index contributed by atoms with van der Waals surface area (Å²) in [7, 11) is 0. The number of hydrogen-bond donors (Lipinski definition) is 3. The molecule has 4 heteroatoms. The van der Waals surface area contributed by atoms with Gasteiger partial charge in [0.25, 0.3) is 0 Å². The monoisotopic (exact) mass is 465 g/mol. The van der Waals surface area contributed by atoms with E-state index in [4.69, 9.17) is 15.3 Å². The third-order valence-corrected chi connectivity index (χ3v) is 4.83. The molecule has 3 N–H and O–H groups in total. The molecule has 0 heterocycles. The zero-order chi connectivity index (χ0) is 23.3. The van der Waals surface area contributed by atoms with Crippen LogP contribution in [0.15, 0.2) is 108 Å². The number of phenols is 3. The van der Waals surface area contributed by atoms with Gasteiger partial charge in [-0.2, -0.15) is 11.1 Å². The van der Waals surface area contributed by atoms with Crippen LogP contribution in [-0.4, -0.2) is 15.3 Å². The molecule has 3 nitrogen and oxygen atoms in total. The van der Waals surface area contributed by atoms with Gasteiger partial charge in [0.15, 0.2) is 0 Å². The van der Waals surface area contributed by atoms with Crippen LogP contribution in [0.4, 0.5) is 0 Å². The summed E-state index contributed by atoms with van der Waals surface area (Å²) in [4.78, 5) is 0. The zero-order valence-electron chi connectivity index (χ0n) is 19.5. The van der Waals surface area contributed by atoms with Gasteiger partial charge in [0.1, 0.15) is 17.2 Å². The predicted octanol–water partition coefficient (Wildman–Crippen LogP) is 7.29. The normalized spacial score (nSPS) is 13.0.